The van der Waals surface area contributed by atoms with Crippen molar-refractivity contribution in [1.82, 2.24) is 4.31 Å². The summed E-state index contributed by atoms with van der Waals surface area (Å²) in [5.74, 6) is 0.546. The summed E-state index contributed by atoms with van der Waals surface area (Å²) < 4.78 is 27.8. The summed E-state index contributed by atoms with van der Waals surface area (Å²) in [5.41, 5.74) is 0.686. The van der Waals surface area contributed by atoms with Crippen LogP contribution in [0.15, 0.2) is 15.7 Å². The van der Waals surface area contributed by atoms with Crippen molar-refractivity contribution < 1.29 is 13.5 Å². The van der Waals surface area contributed by atoms with E-state index in [4.69, 9.17) is 5.11 Å². The van der Waals surface area contributed by atoms with Gasteiger partial charge in [0.15, 0.2) is 0 Å². The molecule has 1 N–H and O–H groups in total. The molecule has 0 bridgehead atoms. The van der Waals surface area contributed by atoms with Gasteiger partial charge in [-0.3, -0.25) is 0 Å². The van der Waals surface area contributed by atoms with Gasteiger partial charge in [-0.05, 0) is 48.6 Å². The van der Waals surface area contributed by atoms with Gasteiger partial charge < -0.3 is 5.11 Å². The van der Waals surface area contributed by atoms with Crippen LogP contribution in [0.25, 0.3) is 0 Å². The van der Waals surface area contributed by atoms with Crippen molar-refractivity contribution >= 4 is 21.4 Å². The summed E-state index contributed by atoms with van der Waals surface area (Å²) in [5, 5.41) is 10.8. The monoisotopic (exact) mass is 315 g/mol. The van der Waals surface area contributed by atoms with Crippen LogP contribution < -0.4 is 0 Å². The zero-order chi connectivity index (χ0) is 14.2. The lowest BCUT2D eigenvalue weighted by Crippen LogP contribution is -2.49. The molecule has 1 aliphatic carbocycles. The van der Waals surface area contributed by atoms with Crippen LogP contribution in [-0.2, 0) is 16.6 Å². The third-order valence-corrected chi connectivity index (χ3v) is 7.96. The van der Waals surface area contributed by atoms with Crippen LogP contribution in [0.2, 0.25) is 0 Å². The molecule has 2 aliphatic rings. The van der Waals surface area contributed by atoms with Gasteiger partial charge in [0.1, 0.15) is 4.21 Å². The van der Waals surface area contributed by atoms with Crippen molar-refractivity contribution in [1.29, 1.82) is 0 Å². The standard InChI is InChI=1S/C14H21NO3S2/c16-9-11-8-14(19-10-11)20(17,18)15-7-3-5-12-4-1-2-6-13(12)15/h8,10,12-13,16H,1-7,9H2. The van der Waals surface area contributed by atoms with Gasteiger partial charge in [-0.2, -0.15) is 4.31 Å². The zero-order valence-corrected chi connectivity index (χ0v) is 13.1. The van der Waals surface area contributed by atoms with Crippen LogP contribution in [0, 0.1) is 5.92 Å². The molecule has 1 aromatic rings. The van der Waals surface area contributed by atoms with Crippen molar-refractivity contribution in [3.63, 3.8) is 0 Å². The Labute approximate surface area is 124 Å². The molecule has 6 heteroatoms. The fraction of sp³-hybridized carbons (Fsp3) is 0.714. The Morgan fingerprint density at radius 3 is 2.75 bits per heavy atom. The quantitative estimate of drug-likeness (QED) is 0.932. The Morgan fingerprint density at radius 1 is 1.25 bits per heavy atom. The number of fused-ring (bicyclic) bond motifs is 1. The molecule has 2 atom stereocenters. The van der Waals surface area contributed by atoms with Crippen molar-refractivity contribution in [3.8, 4) is 0 Å². The van der Waals surface area contributed by atoms with Gasteiger partial charge in [0.2, 0.25) is 0 Å². The molecule has 20 heavy (non-hydrogen) atoms. The molecule has 4 nitrogen and oxygen atoms in total. The molecule has 112 valence electrons. The van der Waals surface area contributed by atoms with E-state index < -0.39 is 10.0 Å². The van der Waals surface area contributed by atoms with Crippen molar-refractivity contribution in [2.75, 3.05) is 6.54 Å². The van der Waals surface area contributed by atoms with Gasteiger partial charge in [-0.25, -0.2) is 8.42 Å². The summed E-state index contributed by atoms with van der Waals surface area (Å²) in [4.78, 5) is 0. The average molecular weight is 315 g/mol. The number of nitrogens with zero attached hydrogens (tertiary/aromatic N) is 1. The predicted molar refractivity (Wildman–Crippen MR) is 79.1 cm³/mol. The van der Waals surface area contributed by atoms with Gasteiger partial charge in [0.25, 0.3) is 10.0 Å². The fourth-order valence-corrected chi connectivity index (χ4v) is 6.65. The molecule has 0 radical (unpaired) electrons. The third-order valence-electron chi connectivity index (χ3n) is 4.57. The Kier molecular flexibility index (Phi) is 4.17. The van der Waals surface area contributed by atoms with E-state index in [0.29, 0.717) is 22.2 Å². The minimum atomic E-state index is -3.38. The van der Waals surface area contributed by atoms with Crippen LogP contribution in [-0.4, -0.2) is 30.4 Å². The summed E-state index contributed by atoms with van der Waals surface area (Å²) in [6.07, 6.45) is 6.69. The minimum Gasteiger partial charge on any atom is -0.392 e. The molecule has 2 heterocycles. The second kappa shape index (κ2) is 5.75. The molecule has 1 saturated heterocycles. The van der Waals surface area contributed by atoms with Crippen LogP contribution in [0.3, 0.4) is 0 Å². The highest BCUT2D eigenvalue weighted by molar-refractivity contribution is 7.91. The molecule has 2 fully saturated rings. The van der Waals surface area contributed by atoms with Crippen LogP contribution >= 0.6 is 11.3 Å². The molecular weight excluding hydrogens is 294 g/mol. The van der Waals surface area contributed by atoms with Crippen LogP contribution in [0.5, 0.6) is 0 Å². The van der Waals surface area contributed by atoms with Crippen LogP contribution in [0.4, 0.5) is 0 Å². The molecule has 0 aromatic carbocycles. The molecule has 0 amide bonds. The molecular formula is C14H21NO3S2. The van der Waals surface area contributed by atoms with E-state index in [1.54, 1.807) is 15.8 Å². The largest absolute Gasteiger partial charge is 0.392 e. The number of hydrogen-bond acceptors (Lipinski definition) is 4. The van der Waals surface area contributed by atoms with E-state index in [9.17, 15) is 8.42 Å². The number of hydrogen-bond donors (Lipinski definition) is 1. The molecule has 1 saturated carbocycles. The topological polar surface area (TPSA) is 57.6 Å². The summed E-state index contributed by atoms with van der Waals surface area (Å²) in [6, 6.07) is 1.81. The maximum Gasteiger partial charge on any atom is 0.252 e. The van der Waals surface area contributed by atoms with Gasteiger partial charge >= 0.3 is 0 Å². The lowest BCUT2D eigenvalue weighted by molar-refractivity contribution is 0.129. The maximum absolute atomic E-state index is 12.8. The number of aliphatic hydroxyl groups excluding tert-OH is 1. The van der Waals surface area contributed by atoms with E-state index in [1.807, 2.05) is 0 Å². The third kappa shape index (κ3) is 2.54. The molecule has 0 spiro atoms. The highest BCUT2D eigenvalue weighted by Crippen LogP contribution is 2.38. The highest BCUT2D eigenvalue weighted by Gasteiger charge is 2.40. The molecule has 2 unspecified atom stereocenters. The number of rotatable bonds is 3. The zero-order valence-electron chi connectivity index (χ0n) is 11.5. The highest BCUT2D eigenvalue weighted by atomic mass is 32.2. The molecule has 3 rings (SSSR count). The van der Waals surface area contributed by atoms with Crippen molar-refractivity contribution in [2.45, 2.75) is 55.4 Å². The van der Waals surface area contributed by atoms with Crippen molar-refractivity contribution in [2.24, 2.45) is 5.92 Å². The molecule has 1 aromatic heterocycles. The second-order valence-corrected chi connectivity index (χ2v) is 8.83. The second-order valence-electron chi connectivity index (χ2n) is 5.80. The van der Waals surface area contributed by atoms with E-state index in [1.165, 1.54) is 30.6 Å². The lowest BCUT2D eigenvalue weighted by Gasteiger charge is -2.42. The Balaban J connectivity index is 1.89. The summed E-state index contributed by atoms with van der Waals surface area (Å²) in [7, 11) is -3.38. The van der Waals surface area contributed by atoms with Gasteiger partial charge in [-0.1, -0.05) is 12.8 Å². The van der Waals surface area contributed by atoms with Gasteiger partial charge in [0, 0.05) is 12.6 Å². The van der Waals surface area contributed by atoms with E-state index in [-0.39, 0.29) is 12.6 Å². The predicted octanol–water partition coefficient (Wildman–Crippen LogP) is 2.58. The first-order valence-corrected chi connectivity index (χ1v) is 9.65. The maximum atomic E-state index is 12.8. The number of piperidine rings is 1. The normalized spacial score (nSPS) is 28.2. The first-order chi connectivity index (χ1) is 9.63. The van der Waals surface area contributed by atoms with Gasteiger partial charge in [0.05, 0.1) is 6.61 Å². The number of aliphatic hydroxyl groups is 1. The minimum absolute atomic E-state index is 0.0991. The van der Waals surface area contributed by atoms with E-state index >= 15 is 0 Å². The average Bonchev–Trinajstić information content (AvgIpc) is 2.96. The number of thiophene rings is 1. The van der Waals surface area contributed by atoms with Crippen LogP contribution in [0.1, 0.15) is 44.1 Å². The Hall–Kier alpha value is -0.430. The SMILES string of the molecule is O=S(=O)(c1cc(CO)cs1)N1CCCC2CCCCC21. The Bertz CT molecular complexity index is 565. The van der Waals surface area contributed by atoms with E-state index in [0.717, 1.165) is 19.3 Å². The first kappa shape index (κ1) is 14.5. The van der Waals surface area contributed by atoms with Crippen molar-refractivity contribution in [3.05, 3.63) is 17.0 Å². The smallest absolute Gasteiger partial charge is 0.252 e. The Morgan fingerprint density at radius 2 is 2.00 bits per heavy atom. The summed E-state index contributed by atoms with van der Waals surface area (Å²) in [6.45, 7) is 0.550. The van der Waals surface area contributed by atoms with Gasteiger partial charge in [-0.15, -0.1) is 11.3 Å². The first-order valence-electron chi connectivity index (χ1n) is 7.33. The lowest BCUT2D eigenvalue weighted by atomic mass is 9.79. The van der Waals surface area contributed by atoms with E-state index in [2.05, 4.69) is 0 Å². The number of sulfonamides is 1. The molecule has 1 aliphatic heterocycles. The fourth-order valence-electron chi connectivity index (χ4n) is 3.56. The summed E-state index contributed by atoms with van der Waals surface area (Å²) >= 11 is 1.22.